The first kappa shape index (κ1) is 17.2. The lowest BCUT2D eigenvalue weighted by molar-refractivity contribution is 0.240. The maximum atomic E-state index is 11.8. The fourth-order valence-electron chi connectivity index (χ4n) is 2.70. The van der Waals surface area contributed by atoms with Gasteiger partial charge in [0.25, 0.3) is 5.56 Å². The Balaban J connectivity index is 1.34. The summed E-state index contributed by atoms with van der Waals surface area (Å²) in [7, 11) is 0. The Morgan fingerprint density at radius 2 is 1.84 bits per heavy atom. The molecule has 1 saturated carbocycles. The Morgan fingerprint density at radius 1 is 1.08 bits per heavy atom. The van der Waals surface area contributed by atoms with Gasteiger partial charge in [-0.25, -0.2) is 9.48 Å². The van der Waals surface area contributed by atoms with Crippen molar-refractivity contribution >= 4 is 6.03 Å². The summed E-state index contributed by atoms with van der Waals surface area (Å²) in [5, 5.41) is 9.98. The number of benzene rings is 1. The van der Waals surface area contributed by atoms with Gasteiger partial charge in [-0.3, -0.25) is 4.79 Å². The number of hydrogen-bond donors (Lipinski definition) is 2. The minimum absolute atomic E-state index is 0.130. The number of nitrogens with zero attached hydrogens (tertiary/aromatic N) is 2. The van der Waals surface area contributed by atoms with E-state index in [0.717, 1.165) is 31.4 Å². The van der Waals surface area contributed by atoms with Crippen molar-refractivity contribution in [3.8, 4) is 0 Å². The van der Waals surface area contributed by atoms with Crippen LogP contribution in [0.25, 0.3) is 0 Å². The van der Waals surface area contributed by atoms with E-state index < -0.39 is 0 Å². The van der Waals surface area contributed by atoms with Gasteiger partial charge in [0.15, 0.2) is 0 Å². The van der Waals surface area contributed by atoms with Gasteiger partial charge in [-0.15, -0.1) is 0 Å². The summed E-state index contributed by atoms with van der Waals surface area (Å²) in [4.78, 5) is 23.6. The molecule has 1 aromatic carbocycles. The highest BCUT2D eigenvalue weighted by Gasteiger charge is 2.25. The van der Waals surface area contributed by atoms with Gasteiger partial charge in [-0.05, 0) is 37.3 Å². The molecule has 0 unspecified atom stereocenters. The highest BCUT2D eigenvalue weighted by Crippen LogP contribution is 2.38. The second-order valence-corrected chi connectivity index (χ2v) is 6.37. The number of carbonyl (C=O) groups is 1. The van der Waals surface area contributed by atoms with Gasteiger partial charge in [0.1, 0.15) is 0 Å². The van der Waals surface area contributed by atoms with Gasteiger partial charge in [0, 0.05) is 25.1 Å². The number of carbonyl (C=O) groups excluding carboxylic acids is 1. The molecule has 1 aliphatic carbocycles. The van der Waals surface area contributed by atoms with E-state index in [1.165, 1.54) is 10.2 Å². The molecule has 25 heavy (non-hydrogen) atoms. The van der Waals surface area contributed by atoms with Crippen LogP contribution in [0.3, 0.4) is 0 Å². The van der Waals surface area contributed by atoms with Crippen LogP contribution in [0, 0.1) is 0 Å². The Kier molecular flexibility index (Phi) is 5.82. The molecule has 0 atom stereocenters. The van der Waals surface area contributed by atoms with E-state index in [0.29, 0.717) is 25.6 Å². The smallest absolute Gasteiger partial charge is 0.314 e. The van der Waals surface area contributed by atoms with Crippen LogP contribution in [0.1, 0.15) is 36.4 Å². The summed E-state index contributed by atoms with van der Waals surface area (Å²) in [6.07, 6.45) is 4.12. The van der Waals surface area contributed by atoms with Gasteiger partial charge in [0.05, 0.1) is 12.2 Å². The number of rotatable bonds is 8. The Hall–Kier alpha value is -2.63. The summed E-state index contributed by atoms with van der Waals surface area (Å²) in [6, 6.07) is 13.4. The quantitative estimate of drug-likeness (QED) is 0.722. The van der Waals surface area contributed by atoms with Gasteiger partial charge in [-0.1, -0.05) is 30.3 Å². The molecule has 0 aliphatic heterocycles. The van der Waals surface area contributed by atoms with E-state index in [1.54, 1.807) is 6.07 Å². The Morgan fingerprint density at radius 3 is 2.60 bits per heavy atom. The second-order valence-electron chi connectivity index (χ2n) is 6.37. The molecule has 2 N–H and O–H groups in total. The van der Waals surface area contributed by atoms with E-state index in [1.807, 2.05) is 24.3 Å². The average Bonchev–Trinajstić information content (AvgIpc) is 3.46. The van der Waals surface area contributed by atoms with E-state index in [9.17, 15) is 9.59 Å². The van der Waals surface area contributed by atoms with E-state index in [4.69, 9.17) is 0 Å². The van der Waals surface area contributed by atoms with Crippen molar-refractivity contribution in [2.24, 2.45) is 0 Å². The van der Waals surface area contributed by atoms with E-state index in [-0.39, 0.29) is 11.6 Å². The van der Waals surface area contributed by atoms with Gasteiger partial charge >= 0.3 is 6.03 Å². The third kappa shape index (κ3) is 5.45. The van der Waals surface area contributed by atoms with Gasteiger partial charge in [0.2, 0.25) is 0 Å². The molecule has 1 heterocycles. The molecule has 3 rings (SSSR count). The number of amides is 2. The molecule has 0 bridgehead atoms. The van der Waals surface area contributed by atoms with Gasteiger partial charge < -0.3 is 10.6 Å². The molecule has 0 radical (unpaired) electrons. The van der Waals surface area contributed by atoms with Crippen LogP contribution < -0.4 is 16.2 Å². The van der Waals surface area contributed by atoms with Gasteiger partial charge in [-0.2, -0.15) is 5.10 Å². The van der Waals surface area contributed by atoms with Crippen molar-refractivity contribution in [3.63, 3.8) is 0 Å². The number of nitrogens with one attached hydrogen (secondary N) is 2. The summed E-state index contributed by atoms with van der Waals surface area (Å²) in [5.41, 5.74) is 2.12. The zero-order chi connectivity index (χ0) is 17.5. The lowest BCUT2D eigenvalue weighted by Crippen LogP contribution is -2.39. The zero-order valence-electron chi connectivity index (χ0n) is 14.3. The third-order valence-electron chi connectivity index (χ3n) is 4.26. The molecule has 0 saturated heterocycles. The van der Waals surface area contributed by atoms with Crippen molar-refractivity contribution < 1.29 is 4.79 Å². The van der Waals surface area contributed by atoms with Crippen molar-refractivity contribution in [1.29, 1.82) is 0 Å². The van der Waals surface area contributed by atoms with Crippen LogP contribution in [-0.4, -0.2) is 28.9 Å². The molecular weight excluding hydrogens is 316 g/mol. The van der Waals surface area contributed by atoms with Crippen LogP contribution >= 0.6 is 0 Å². The zero-order valence-corrected chi connectivity index (χ0v) is 14.3. The predicted molar refractivity (Wildman–Crippen MR) is 96.6 cm³/mol. The SMILES string of the molecule is O=C(NCCCc1ccccc1)NCCn1nc(C2CC2)ccc1=O. The second kappa shape index (κ2) is 8.46. The van der Waals surface area contributed by atoms with Crippen molar-refractivity contribution in [2.75, 3.05) is 13.1 Å². The molecule has 6 nitrogen and oxygen atoms in total. The predicted octanol–water partition coefficient (Wildman–Crippen LogP) is 2.05. The normalized spacial score (nSPS) is 13.4. The molecule has 1 fully saturated rings. The highest BCUT2D eigenvalue weighted by atomic mass is 16.2. The number of hydrogen-bond acceptors (Lipinski definition) is 3. The molecule has 2 amide bonds. The maximum Gasteiger partial charge on any atom is 0.314 e. The maximum absolute atomic E-state index is 11.8. The lowest BCUT2D eigenvalue weighted by atomic mass is 10.1. The molecule has 1 aromatic heterocycles. The molecular formula is C19H24N4O2. The van der Waals surface area contributed by atoms with Crippen molar-refractivity contribution in [1.82, 2.24) is 20.4 Å². The van der Waals surface area contributed by atoms with Crippen LogP contribution in [-0.2, 0) is 13.0 Å². The fraction of sp³-hybridized carbons (Fsp3) is 0.421. The standard InChI is InChI=1S/C19H24N4O2/c24-18-11-10-17(16-8-9-16)22-23(18)14-13-21-19(25)20-12-4-7-15-5-2-1-3-6-15/h1-3,5-6,10-11,16H,4,7-9,12-14H2,(H2,20,21,25). The monoisotopic (exact) mass is 340 g/mol. The first-order chi connectivity index (χ1) is 12.2. The minimum atomic E-state index is -0.209. The summed E-state index contributed by atoms with van der Waals surface area (Å²) in [5.74, 6) is 0.507. The number of urea groups is 1. The third-order valence-corrected chi connectivity index (χ3v) is 4.26. The Bertz CT molecular complexity index is 754. The van der Waals surface area contributed by atoms with Crippen LogP contribution in [0.15, 0.2) is 47.3 Å². The molecule has 0 spiro atoms. The molecule has 1 aliphatic rings. The van der Waals surface area contributed by atoms with E-state index in [2.05, 4.69) is 27.9 Å². The first-order valence-electron chi connectivity index (χ1n) is 8.86. The fourth-order valence-corrected chi connectivity index (χ4v) is 2.70. The first-order valence-corrected chi connectivity index (χ1v) is 8.86. The summed E-state index contributed by atoms with van der Waals surface area (Å²) in [6.45, 7) is 1.39. The van der Waals surface area contributed by atoms with Crippen LogP contribution in [0.5, 0.6) is 0 Å². The Labute approximate surface area is 147 Å². The molecule has 2 aromatic rings. The van der Waals surface area contributed by atoms with Crippen LogP contribution in [0.2, 0.25) is 0 Å². The largest absolute Gasteiger partial charge is 0.338 e. The minimum Gasteiger partial charge on any atom is -0.338 e. The number of aryl methyl sites for hydroxylation is 1. The molecule has 132 valence electrons. The average molecular weight is 340 g/mol. The summed E-state index contributed by atoms with van der Waals surface area (Å²) >= 11 is 0. The summed E-state index contributed by atoms with van der Waals surface area (Å²) < 4.78 is 1.43. The highest BCUT2D eigenvalue weighted by molar-refractivity contribution is 5.73. The van der Waals surface area contributed by atoms with Crippen LogP contribution in [0.4, 0.5) is 4.79 Å². The number of aromatic nitrogens is 2. The topological polar surface area (TPSA) is 76.0 Å². The van der Waals surface area contributed by atoms with E-state index >= 15 is 0 Å². The molecule has 6 heteroatoms. The lowest BCUT2D eigenvalue weighted by Gasteiger charge is -2.09. The van der Waals surface area contributed by atoms with Crippen molar-refractivity contribution in [3.05, 3.63) is 64.1 Å². The van der Waals surface area contributed by atoms with Crippen molar-refractivity contribution in [2.45, 2.75) is 38.1 Å².